The lowest BCUT2D eigenvalue weighted by molar-refractivity contribution is 0.798. The van der Waals surface area contributed by atoms with Crippen LogP contribution in [-0.2, 0) is 6.42 Å². The molecule has 2 aromatic heterocycles. The largest absolute Gasteiger partial charge is 0.382 e. The van der Waals surface area contributed by atoms with Gasteiger partial charge in [0.05, 0.1) is 5.52 Å². The van der Waals surface area contributed by atoms with E-state index in [0.717, 1.165) is 22.8 Å². The third-order valence-corrected chi connectivity index (χ3v) is 3.49. The first-order chi connectivity index (χ1) is 9.31. The van der Waals surface area contributed by atoms with Gasteiger partial charge in [-0.3, -0.25) is 4.98 Å². The Labute approximate surface area is 112 Å². The number of aromatic nitrogens is 2. The molecule has 0 saturated carbocycles. The van der Waals surface area contributed by atoms with Crippen molar-refractivity contribution >= 4 is 27.6 Å². The molecule has 0 radical (unpaired) electrons. The first-order valence-corrected chi connectivity index (χ1v) is 6.73. The van der Waals surface area contributed by atoms with Gasteiger partial charge in [0.25, 0.3) is 0 Å². The molecular weight excluding hydrogens is 234 g/mol. The third-order valence-electron chi connectivity index (χ3n) is 3.49. The highest BCUT2D eigenvalue weighted by Gasteiger charge is 2.10. The second-order valence-electron chi connectivity index (χ2n) is 4.81. The van der Waals surface area contributed by atoms with Crippen molar-refractivity contribution < 1.29 is 0 Å². The molecule has 96 valence electrons. The maximum Gasteiger partial charge on any atom is 0.150 e. The molecule has 0 aliphatic heterocycles. The van der Waals surface area contributed by atoms with E-state index < -0.39 is 0 Å². The van der Waals surface area contributed by atoms with E-state index in [2.05, 4.69) is 29.0 Å². The highest BCUT2D eigenvalue weighted by molar-refractivity contribution is 6.09. The van der Waals surface area contributed by atoms with Gasteiger partial charge in [-0.2, -0.15) is 0 Å². The Kier molecular flexibility index (Phi) is 3.03. The molecule has 0 unspecified atom stereocenters. The summed E-state index contributed by atoms with van der Waals surface area (Å²) in [6.45, 7) is 2.21. The van der Waals surface area contributed by atoms with Gasteiger partial charge in [0, 0.05) is 17.0 Å². The molecule has 0 bridgehead atoms. The quantitative estimate of drug-likeness (QED) is 0.722. The number of unbranched alkanes of at least 4 members (excludes halogenated alkanes) is 1. The minimum absolute atomic E-state index is 0.520. The van der Waals surface area contributed by atoms with Gasteiger partial charge in [0.15, 0.2) is 5.82 Å². The molecule has 1 aromatic carbocycles. The predicted octanol–water partition coefficient (Wildman–Crippen LogP) is 3.71. The number of benzene rings is 1. The van der Waals surface area contributed by atoms with Gasteiger partial charge in [-0.05, 0) is 30.5 Å². The summed E-state index contributed by atoms with van der Waals surface area (Å²) in [5, 5.41) is 2.31. The summed E-state index contributed by atoms with van der Waals surface area (Å²) >= 11 is 0. The number of hydrogen-bond donors (Lipinski definition) is 1. The summed E-state index contributed by atoms with van der Waals surface area (Å²) in [5.41, 5.74) is 9.13. The fourth-order valence-electron chi connectivity index (χ4n) is 2.54. The topological polar surface area (TPSA) is 51.8 Å². The van der Waals surface area contributed by atoms with Gasteiger partial charge in [-0.25, -0.2) is 4.98 Å². The Hall–Kier alpha value is -2.16. The van der Waals surface area contributed by atoms with Gasteiger partial charge < -0.3 is 5.73 Å². The minimum atomic E-state index is 0.520. The minimum Gasteiger partial charge on any atom is -0.382 e. The first-order valence-electron chi connectivity index (χ1n) is 6.73. The molecule has 0 amide bonds. The van der Waals surface area contributed by atoms with E-state index in [9.17, 15) is 0 Å². The van der Waals surface area contributed by atoms with E-state index in [1.807, 2.05) is 24.4 Å². The average Bonchev–Trinajstić information content (AvgIpc) is 2.45. The highest BCUT2D eigenvalue weighted by Crippen LogP contribution is 2.29. The monoisotopic (exact) mass is 251 g/mol. The molecule has 0 aliphatic rings. The molecule has 19 heavy (non-hydrogen) atoms. The number of hydrogen-bond acceptors (Lipinski definition) is 3. The summed E-state index contributed by atoms with van der Waals surface area (Å²) in [4.78, 5) is 8.85. The average molecular weight is 251 g/mol. The number of para-hydroxylation sites is 1. The zero-order valence-corrected chi connectivity index (χ0v) is 11.1. The Bertz CT molecular complexity index is 734. The van der Waals surface area contributed by atoms with Gasteiger partial charge >= 0.3 is 0 Å². The number of nitrogen functional groups attached to an aromatic ring is 1. The van der Waals surface area contributed by atoms with Crippen molar-refractivity contribution in [1.29, 1.82) is 0 Å². The second-order valence-corrected chi connectivity index (χ2v) is 4.81. The van der Waals surface area contributed by atoms with Crippen molar-refractivity contribution in [1.82, 2.24) is 9.97 Å². The van der Waals surface area contributed by atoms with Crippen molar-refractivity contribution in [2.24, 2.45) is 0 Å². The Morgan fingerprint density at radius 1 is 1.16 bits per heavy atom. The molecule has 3 nitrogen and oxygen atoms in total. The van der Waals surface area contributed by atoms with Crippen molar-refractivity contribution in [3.05, 3.63) is 42.1 Å². The highest BCUT2D eigenvalue weighted by atomic mass is 14.9. The smallest absolute Gasteiger partial charge is 0.150 e. The van der Waals surface area contributed by atoms with Crippen LogP contribution in [0.3, 0.4) is 0 Å². The van der Waals surface area contributed by atoms with Crippen molar-refractivity contribution in [2.75, 3.05) is 5.73 Å². The summed E-state index contributed by atoms with van der Waals surface area (Å²) in [6.07, 6.45) is 5.25. The number of rotatable bonds is 3. The molecule has 3 rings (SSSR count). The standard InChI is InChI=1S/C16H17N3/c1-2-3-6-11-9-10-18-15-14(11)12-7-4-5-8-13(12)19-16(15)17/h4-5,7-10H,2-3,6H2,1H3,(H2,17,19). The van der Waals surface area contributed by atoms with Crippen LogP contribution >= 0.6 is 0 Å². The molecule has 3 aromatic rings. The number of fused-ring (bicyclic) bond motifs is 3. The number of pyridine rings is 2. The number of anilines is 1. The lowest BCUT2D eigenvalue weighted by atomic mass is 10.0. The molecular formula is C16H17N3. The van der Waals surface area contributed by atoms with Crippen LogP contribution in [0.15, 0.2) is 36.5 Å². The Morgan fingerprint density at radius 3 is 2.84 bits per heavy atom. The third kappa shape index (κ3) is 2.01. The van der Waals surface area contributed by atoms with E-state index in [1.165, 1.54) is 23.8 Å². The van der Waals surface area contributed by atoms with Gasteiger partial charge in [0.2, 0.25) is 0 Å². The lowest BCUT2D eigenvalue weighted by Gasteiger charge is -2.10. The Morgan fingerprint density at radius 2 is 2.00 bits per heavy atom. The SMILES string of the molecule is CCCCc1ccnc2c(N)nc3ccccc3c12. The summed E-state index contributed by atoms with van der Waals surface area (Å²) in [5.74, 6) is 0.520. The fourth-order valence-corrected chi connectivity index (χ4v) is 2.54. The zero-order chi connectivity index (χ0) is 13.2. The van der Waals surface area contributed by atoms with Crippen LogP contribution in [0.1, 0.15) is 25.3 Å². The maximum atomic E-state index is 6.05. The fraction of sp³-hybridized carbons (Fsp3) is 0.250. The number of aryl methyl sites for hydroxylation is 1. The molecule has 0 aliphatic carbocycles. The van der Waals surface area contributed by atoms with E-state index in [1.54, 1.807) is 0 Å². The molecule has 0 fully saturated rings. The Balaban J connectivity index is 2.38. The van der Waals surface area contributed by atoms with Crippen LogP contribution in [0.2, 0.25) is 0 Å². The van der Waals surface area contributed by atoms with Crippen molar-refractivity contribution in [3.8, 4) is 0 Å². The van der Waals surface area contributed by atoms with Crippen LogP contribution in [0.4, 0.5) is 5.82 Å². The van der Waals surface area contributed by atoms with E-state index in [0.29, 0.717) is 5.82 Å². The molecule has 0 spiro atoms. The van der Waals surface area contributed by atoms with Crippen LogP contribution in [0.5, 0.6) is 0 Å². The predicted molar refractivity (Wildman–Crippen MR) is 80.1 cm³/mol. The van der Waals surface area contributed by atoms with E-state index in [-0.39, 0.29) is 0 Å². The van der Waals surface area contributed by atoms with Crippen LogP contribution in [0, 0.1) is 0 Å². The van der Waals surface area contributed by atoms with Crippen LogP contribution in [0.25, 0.3) is 21.8 Å². The molecule has 3 heteroatoms. The second kappa shape index (κ2) is 4.84. The molecule has 2 heterocycles. The summed E-state index contributed by atoms with van der Waals surface area (Å²) in [7, 11) is 0. The number of nitrogens with two attached hydrogens (primary N) is 1. The zero-order valence-electron chi connectivity index (χ0n) is 11.1. The first kappa shape index (κ1) is 11.9. The summed E-state index contributed by atoms with van der Waals surface area (Å²) in [6, 6.07) is 10.2. The van der Waals surface area contributed by atoms with E-state index in [4.69, 9.17) is 5.73 Å². The van der Waals surface area contributed by atoms with Gasteiger partial charge in [-0.15, -0.1) is 0 Å². The lowest BCUT2D eigenvalue weighted by Crippen LogP contribution is -1.98. The van der Waals surface area contributed by atoms with Crippen LogP contribution in [-0.4, -0.2) is 9.97 Å². The van der Waals surface area contributed by atoms with Crippen molar-refractivity contribution in [3.63, 3.8) is 0 Å². The summed E-state index contributed by atoms with van der Waals surface area (Å²) < 4.78 is 0. The molecule has 2 N–H and O–H groups in total. The van der Waals surface area contributed by atoms with Crippen LogP contribution < -0.4 is 5.73 Å². The normalized spacial score (nSPS) is 11.2. The molecule has 0 atom stereocenters. The van der Waals surface area contributed by atoms with E-state index >= 15 is 0 Å². The van der Waals surface area contributed by atoms with Gasteiger partial charge in [0.1, 0.15) is 5.52 Å². The van der Waals surface area contributed by atoms with Gasteiger partial charge in [-0.1, -0.05) is 31.5 Å². The van der Waals surface area contributed by atoms with Crippen molar-refractivity contribution in [2.45, 2.75) is 26.2 Å². The maximum absolute atomic E-state index is 6.05. The number of nitrogens with zero attached hydrogens (tertiary/aromatic N) is 2. The molecule has 0 saturated heterocycles.